The highest BCUT2D eigenvalue weighted by molar-refractivity contribution is 7.98. The van der Waals surface area contributed by atoms with Gasteiger partial charge in [0.1, 0.15) is 0 Å². The van der Waals surface area contributed by atoms with Crippen LogP contribution in [0, 0.1) is 11.3 Å². The average Bonchev–Trinajstić information content (AvgIpc) is 2.54. The van der Waals surface area contributed by atoms with Gasteiger partial charge >= 0.3 is 0 Å². The quantitative estimate of drug-likeness (QED) is 0.793. The molecule has 0 fully saturated rings. The second-order valence-electron chi connectivity index (χ2n) is 4.64. The number of rotatable bonds is 7. The highest BCUT2D eigenvalue weighted by Crippen LogP contribution is 2.19. The molecule has 23 heavy (non-hydrogen) atoms. The molecule has 0 saturated heterocycles. The Morgan fingerprint density at radius 1 is 1.35 bits per heavy atom. The van der Waals surface area contributed by atoms with Gasteiger partial charge in [-0.2, -0.15) is 32.0 Å². The van der Waals surface area contributed by atoms with Gasteiger partial charge in [0.15, 0.2) is 17.5 Å². The molecule has 0 bridgehead atoms. The Hall–Kier alpha value is -2.66. The number of nitrogens with one attached hydrogen (secondary N) is 1. The predicted molar refractivity (Wildman–Crippen MR) is 90.3 cm³/mol. The SMILES string of the molecule is CSCCC(=O)C(C#N)c1nc(N)nc(Nc2ccccc2)n1. The van der Waals surface area contributed by atoms with Crippen LogP contribution in [0.25, 0.3) is 0 Å². The number of para-hydroxylation sites is 1. The van der Waals surface area contributed by atoms with Crippen molar-refractivity contribution in [3.63, 3.8) is 0 Å². The van der Waals surface area contributed by atoms with E-state index in [0.29, 0.717) is 5.75 Å². The van der Waals surface area contributed by atoms with Crippen LogP contribution >= 0.6 is 11.8 Å². The van der Waals surface area contributed by atoms with E-state index in [1.54, 1.807) is 11.8 Å². The van der Waals surface area contributed by atoms with Gasteiger partial charge in [0.2, 0.25) is 11.9 Å². The van der Waals surface area contributed by atoms with E-state index in [2.05, 4.69) is 20.3 Å². The van der Waals surface area contributed by atoms with Gasteiger partial charge < -0.3 is 11.1 Å². The summed E-state index contributed by atoms with van der Waals surface area (Å²) in [4.78, 5) is 24.2. The smallest absolute Gasteiger partial charge is 0.232 e. The third-order valence-electron chi connectivity index (χ3n) is 2.96. The first-order valence-electron chi connectivity index (χ1n) is 6.89. The topological polar surface area (TPSA) is 118 Å². The van der Waals surface area contributed by atoms with E-state index in [4.69, 9.17) is 5.73 Å². The zero-order valence-electron chi connectivity index (χ0n) is 12.6. The van der Waals surface area contributed by atoms with Gasteiger partial charge in [0.25, 0.3) is 0 Å². The summed E-state index contributed by atoms with van der Waals surface area (Å²) in [6.07, 6.45) is 2.18. The lowest BCUT2D eigenvalue weighted by Crippen LogP contribution is -2.17. The van der Waals surface area contributed by atoms with E-state index < -0.39 is 5.92 Å². The van der Waals surface area contributed by atoms with E-state index in [-0.39, 0.29) is 29.9 Å². The van der Waals surface area contributed by atoms with Crippen LogP contribution in [0.5, 0.6) is 0 Å². The number of hydrogen-bond donors (Lipinski definition) is 2. The lowest BCUT2D eigenvalue weighted by Gasteiger charge is -2.10. The van der Waals surface area contributed by atoms with E-state index in [1.165, 1.54) is 0 Å². The number of ketones is 1. The van der Waals surface area contributed by atoms with Crippen LogP contribution in [-0.4, -0.2) is 32.7 Å². The minimum Gasteiger partial charge on any atom is -0.368 e. The molecule has 3 N–H and O–H groups in total. The molecular formula is C15H16N6OS. The number of nitrogen functional groups attached to an aromatic ring is 1. The average molecular weight is 328 g/mol. The summed E-state index contributed by atoms with van der Waals surface area (Å²) in [6.45, 7) is 0. The molecule has 1 atom stereocenters. The van der Waals surface area contributed by atoms with E-state index in [1.807, 2.05) is 42.7 Å². The van der Waals surface area contributed by atoms with Crippen molar-refractivity contribution in [1.82, 2.24) is 15.0 Å². The highest BCUT2D eigenvalue weighted by atomic mass is 32.2. The zero-order valence-corrected chi connectivity index (χ0v) is 13.4. The Morgan fingerprint density at radius 3 is 2.74 bits per heavy atom. The van der Waals surface area contributed by atoms with Gasteiger partial charge in [-0.25, -0.2) is 0 Å². The van der Waals surface area contributed by atoms with Crippen molar-refractivity contribution < 1.29 is 4.79 Å². The van der Waals surface area contributed by atoms with Crippen molar-refractivity contribution in [2.45, 2.75) is 12.3 Å². The van der Waals surface area contributed by atoms with Crippen LogP contribution in [0.3, 0.4) is 0 Å². The number of hydrogen-bond acceptors (Lipinski definition) is 8. The molecule has 7 nitrogen and oxygen atoms in total. The van der Waals surface area contributed by atoms with Crippen LogP contribution in [-0.2, 0) is 4.79 Å². The summed E-state index contributed by atoms with van der Waals surface area (Å²) in [7, 11) is 0. The maximum atomic E-state index is 12.1. The van der Waals surface area contributed by atoms with Crippen molar-refractivity contribution in [2.24, 2.45) is 0 Å². The molecule has 1 unspecified atom stereocenters. The Kier molecular flexibility index (Phi) is 5.88. The van der Waals surface area contributed by atoms with Crippen molar-refractivity contribution in [2.75, 3.05) is 23.1 Å². The number of carbonyl (C=O) groups is 1. The first-order valence-corrected chi connectivity index (χ1v) is 8.28. The molecule has 0 amide bonds. The lowest BCUT2D eigenvalue weighted by atomic mass is 10.0. The first-order chi connectivity index (χ1) is 11.1. The second-order valence-corrected chi connectivity index (χ2v) is 5.62. The van der Waals surface area contributed by atoms with Gasteiger partial charge in [0, 0.05) is 12.1 Å². The van der Waals surface area contributed by atoms with Crippen molar-refractivity contribution in [3.05, 3.63) is 36.2 Å². The molecule has 0 radical (unpaired) electrons. The molecule has 1 heterocycles. The van der Waals surface area contributed by atoms with Gasteiger partial charge in [-0.15, -0.1) is 0 Å². The van der Waals surface area contributed by atoms with E-state index in [9.17, 15) is 10.1 Å². The zero-order chi connectivity index (χ0) is 16.7. The number of Topliss-reactive ketones (excluding diaryl/α,β-unsaturated/α-hetero) is 1. The predicted octanol–water partition coefficient (Wildman–Crippen LogP) is 2.13. The maximum absolute atomic E-state index is 12.1. The molecule has 8 heteroatoms. The van der Waals surface area contributed by atoms with Crippen LogP contribution in [0.2, 0.25) is 0 Å². The van der Waals surface area contributed by atoms with Gasteiger partial charge in [-0.1, -0.05) is 18.2 Å². The van der Waals surface area contributed by atoms with Crippen molar-refractivity contribution in [1.29, 1.82) is 5.26 Å². The number of nitrogens with two attached hydrogens (primary N) is 1. The molecular weight excluding hydrogens is 312 g/mol. The number of carbonyl (C=O) groups excluding carboxylic acids is 1. The van der Waals surface area contributed by atoms with Crippen LogP contribution < -0.4 is 11.1 Å². The fourth-order valence-corrected chi connectivity index (χ4v) is 2.27. The maximum Gasteiger partial charge on any atom is 0.232 e. The standard InChI is InChI=1S/C15H16N6OS/c1-23-8-7-12(22)11(9-16)13-19-14(17)21-15(20-13)18-10-5-3-2-4-6-10/h2-6,11H,7-8H2,1H3,(H3,17,18,19,20,21). The third-order valence-corrected chi connectivity index (χ3v) is 3.57. The van der Waals surface area contributed by atoms with E-state index in [0.717, 1.165) is 5.69 Å². The molecule has 0 spiro atoms. The molecule has 2 aromatic rings. The summed E-state index contributed by atoms with van der Waals surface area (Å²) in [6, 6.07) is 11.2. The molecule has 0 aliphatic carbocycles. The molecule has 1 aromatic heterocycles. The van der Waals surface area contributed by atoms with Crippen LogP contribution in [0.4, 0.5) is 17.6 Å². The number of thioether (sulfide) groups is 1. The number of benzene rings is 1. The van der Waals surface area contributed by atoms with Gasteiger partial charge in [-0.05, 0) is 24.1 Å². The Labute approximate surface area is 138 Å². The molecule has 0 saturated carbocycles. The highest BCUT2D eigenvalue weighted by Gasteiger charge is 2.24. The number of anilines is 3. The monoisotopic (exact) mass is 328 g/mol. The molecule has 0 aliphatic rings. The van der Waals surface area contributed by atoms with Crippen LogP contribution in [0.1, 0.15) is 18.2 Å². The Bertz CT molecular complexity index is 716. The minimum atomic E-state index is -1.04. The summed E-state index contributed by atoms with van der Waals surface area (Å²) < 4.78 is 0. The molecule has 2 rings (SSSR count). The normalized spacial score (nSPS) is 11.5. The minimum absolute atomic E-state index is 0.0358. The second kappa shape index (κ2) is 8.10. The third kappa shape index (κ3) is 4.66. The number of aromatic nitrogens is 3. The fraction of sp³-hybridized carbons (Fsp3) is 0.267. The Balaban J connectivity index is 2.25. The number of nitrogens with zero attached hydrogens (tertiary/aromatic N) is 4. The van der Waals surface area contributed by atoms with Crippen LogP contribution in [0.15, 0.2) is 30.3 Å². The lowest BCUT2D eigenvalue weighted by molar-refractivity contribution is -0.119. The van der Waals surface area contributed by atoms with Crippen molar-refractivity contribution >= 4 is 35.1 Å². The van der Waals surface area contributed by atoms with Gasteiger partial charge in [0.05, 0.1) is 6.07 Å². The summed E-state index contributed by atoms with van der Waals surface area (Å²) in [5.74, 6) is -0.374. The summed E-state index contributed by atoms with van der Waals surface area (Å²) in [5, 5.41) is 12.3. The summed E-state index contributed by atoms with van der Waals surface area (Å²) >= 11 is 1.54. The van der Waals surface area contributed by atoms with Gasteiger partial charge in [-0.3, -0.25) is 4.79 Å². The first kappa shape index (κ1) is 16.7. The fourth-order valence-electron chi connectivity index (χ4n) is 1.87. The Morgan fingerprint density at radius 2 is 2.09 bits per heavy atom. The molecule has 0 aliphatic heterocycles. The summed E-state index contributed by atoms with van der Waals surface area (Å²) in [5.41, 5.74) is 6.45. The number of nitriles is 1. The largest absolute Gasteiger partial charge is 0.368 e. The molecule has 1 aromatic carbocycles. The van der Waals surface area contributed by atoms with E-state index >= 15 is 0 Å². The van der Waals surface area contributed by atoms with Crippen molar-refractivity contribution in [3.8, 4) is 6.07 Å². The molecule has 118 valence electrons.